The van der Waals surface area contributed by atoms with E-state index in [2.05, 4.69) is 20.8 Å². The molecule has 0 heterocycles. The Balaban J connectivity index is 0.000000327. The normalized spacial score (nSPS) is 10.1. The molecule has 2 nitrogen and oxygen atoms in total. The van der Waals surface area contributed by atoms with Crippen molar-refractivity contribution in [1.82, 2.24) is 0 Å². The average molecular weight is 252 g/mol. The average Bonchev–Trinajstić information content (AvgIpc) is 2.33. The maximum Gasteiger partial charge on any atom is 0.118 e. The molecule has 0 aliphatic carbocycles. The van der Waals surface area contributed by atoms with Gasteiger partial charge >= 0.3 is 0 Å². The molecule has 0 aliphatic rings. The molecule has 1 rings (SSSR count). The van der Waals surface area contributed by atoms with Crippen LogP contribution < -0.4 is 0 Å². The number of phenols is 1. The molecule has 2 heteroatoms. The van der Waals surface area contributed by atoms with E-state index in [1.54, 1.807) is 6.07 Å². The van der Waals surface area contributed by atoms with Crippen molar-refractivity contribution in [3.8, 4) is 5.75 Å². The van der Waals surface area contributed by atoms with E-state index < -0.39 is 0 Å². The number of hydrogen-bond acceptors (Lipinski definition) is 2. The van der Waals surface area contributed by atoms with Gasteiger partial charge in [-0.05, 0) is 30.9 Å². The fraction of sp³-hybridized carbons (Fsp3) is 0.625. The van der Waals surface area contributed by atoms with E-state index in [1.165, 1.54) is 19.3 Å². The highest BCUT2D eigenvalue weighted by Gasteiger charge is 1.92. The number of hydrogen-bond donors (Lipinski definition) is 1. The van der Waals surface area contributed by atoms with E-state index in [-0.39, 0.29) is 0 Å². The van der Waals surface area contributed by atoms with Gasteiger partial charge in [-0.25, -0.2) is 0 Å². The molecule has 104 valence electrons. The second-order valence-corrected chi connectivity index (χ2v) is 4.96. The molecule has 0 aromatic heterocycles. The van der Waals surface area contributed by atoms with Crippen LogP contribution in [0, 0.1) is 12.8 Å². The van der Waals surface area contributed by atoms with Gasteiger partial charge in [-0.15, -0.1) is 0 Å². The van der Waals surface area contributed by atoms with Crippen LogP contribution in [0.1, 0.15) is 45.6 Å². The summed E-state index contributed by atoms with van der Waals surface area (Å²) in [6.07, 6.45) is 3.81. The van der Waals surface area contributed by atoms with Gasteiger partial charge in [0.2, 0.25) is 0 Å². The van der Waals surface area contributed by atoms with Crippen LogP contribution in [0.3, 0.4) is 0 Å². The van der Waals surface area contributed by atoms with Gasteiger partial charge in [0.25, 0.3) is 0 Å². The van der Waals surface area contributed by atoms with Gasteiger partial charge < -0.3 is 9.84 Å². The fourth-order valence-electron chi connectivity index (χ4n) is 1.34. The van der Waals surface area contributed by atoms with Gasteiger partial charge in [-0.1, -0.05) is 51.8 Å². The Bertz CT molecular complexity index is 274. The van der Waals surface area contributed by atoms with E-state index in [0.29, 0.717) is 11.7 Å². The Morgan fingerprint density at radius 1 is 1.17 bits per heavy atom. The summed E-state index contributed by atoms with van der Waals surface area (Å²) < 4.78 is 5.40. The summed E-state index contributed by atoms with van der Waals surface area (Å²) in [6.45, 7) is 10.3. The molecule has 0 fully saturated rings. The Morgan fingerprint density at radius 3 is 2.28 bits per heavy atom. The SMILES string of the molecule is CCCCCOCC(C)C.Cc1ccccc1O. The van der Waals surface area contributed by atoms with E-state index in [0.717, 1.165) is 18.8 Å². The van der Waals surface area contributed by atoms with Crippen molar-refractivity contribution in [2.45, 2.75) is 47.0 Å². The van der Waals surface area contributed by atoms with Gasteiger partial charge in [-0.2, -0.15) is 0 Å². The third-order valence-corrected chi connectivity index (χ3v) is 2.46. The zero-order valence-corrected chi connectivity index (χ0v) is 12.3. The first-order valence-corrected chi connectivity index (χ1v) is 6.90. The summed E-state index contributed by atoms with van der Waals surface area (Å²) in [5.74, 6) is 1.05. The summed E-state index contributed by atoms with van der Waals surface area (Å²) in [4.78, 5) is 0. The minimum absolute atomic E-state index is 0.368. The minimum atomic E-state index is 0.368. The Kier molecular flexibility index (Phi) is 10.5. The van der Waals surface area contributed by atoms with Crippen molar-refractivity contribution in [2.24, 2.45) is 5.92 Å². The van der Waals surface area contributed by atoms with E-state index in [9.17, 15) is 0 Å². The number of aromatic hydroxyl groups is 1. The second kappa shape index (κ2) is 11.1. The lowest BCUT2D eigenvalue weighted by molar-refractivity contribution is 0.106. The maximum absolute atomic E-state index is 8.92. The highest BCUT2D eigenvalue weighted by Crippen LogP contribution is 2.12. The fourth-order valence-corrected chi connectivity index (χ4v) is 1.34. The van der Waals surface area contributed by atoms with Crippen LogP contribution >= 0.6 is 0 Å². The lowest BCUT2D eigenvalue weighted by atomic mass is 10.2. The number of rotatable bonds is 6. The summed E-state index contributed by atoms with van der Waals surface area (Å²) in [7, 11) is 0. The number of phenolic OH excluding ortho intramolecular Hbond substituents is 1. The monoisotopic (exact) mass is 252 g/mol. The van der Waals surface area contributed by atoms with Crippen LogP contribution in [0.2, 0.25) is 0 Å². The van der Waals surface area contributed by atoms with Crippen LogP contribution in [-0.4, -0.2) is 18.3 Å². The van der Waals surface area contributed by atoms with Crippen molar-refractivity contribution < 1.29 is 9.84 Å². The molecule has 0 atom stereocenters. The minimum Gasteiger partial charge on any atom is -0.508 e. The third-order valence-electron chi connectivity index (χ3n) is 2.46. The molecular weight excluding hydrogens is 224 g/mol. The quantitative estimate of drug-likeness (QED) is 0.753. The topological polar surface area (TPSA) is 29.5 Å². The van der Waals surface area contributed by atoms with Crippen LogP contribution in [-0.2, 0) is 4.74 Å². The number of ether oxygens (including phenoxy) is 1. The van der Waals surface area contributed by atoms with Gasteiger partial charge in [-0.3, -0.25) is 0 Å². The van der Waals surface area contributed by atoms with Gasteiger partial charge in [0.05, 0.1) is 0 Å². The number of para-hydroxylation sites is 1. The molecule has 1 N–H and O–H groups in total. The van der Waals surface area contributed by atoms with E-state index in [1.807, 2.05) is 25.1 Å². The zero-order valence-electron chi connectivity index (χ0n) is 12.3. The largest absolute Gasteiger partial charge is 0.508 e. The maximum atomic E-state index is 8.92. The molecular formula is C16H28O2. The first-order chi connectivity index (χ1) is 8.57. The van der Waals surface area contributed by atoms with Crippen LogP contribution in [0.4, 0.5) is 0 Å². The lowest BCUT2D eigenvalue weighted by Gasteiger charge is -2.05. The Labute approximate surface area is 112 Å². The highest BCUT2D eigenvalue weighted by molar-refractivity contribution is 5.29. The Morgan fingerprint density at radius 2 is 1.83 bits per heavy atom. The number of aryl methyl sites for hydroxylation is 1. The van der Waals surface area contributed by atoms with Crippen LogP contribution in [0.25, 0.3) is 0 Å². The molecule has 1 aromatic carbocycles. The van der Waals surface area contributed by atoms with Crippen molar-refractivity contribution >= 4 is 0 Å². The lowest BCUT2D eigenvalue weighted by Crippen LogP contribution is -2.02. The van der Waals surface area contributed by atoms with Crippen LogP contribution in [0.5, 0.6) is 5.75 Å². The summed E-state index contributed by atoms with van der Waals surface area (Å²) >= 11 is 0. The number of benzene rings is 1. The molecule has 0 amide bonds. The molecule has 0 saturated carbocycles. The van der Waals surface area contributed by atoms with Crippen LogP contribution in [0.15, 0.2) is 24.3 Å². The van der Waals surface area contributed by atoms with Gasteiger partial charge in [0, 0.05) is 13.2 Å². The highest BCUT2D eigenvalue weighted by atomic mass is 16.5. The predicted molar refractivity (Wildman–Crippen MR) is 78.0 cm³/mol. The Hall–Kier alpha value is -1.02. The molecule has 0 radical (unpaired) electrons. The van der Waals surface area contributed by atoms with E-state index in [4.69, 9.17) is 9.84 Å². The summed E-state index contributed by atoms with van der Waals surface area (Å²) in [6, 6.07) is 7.25. The predicted octanol–water partition coefficient (Wildman–Crippen LogP) is 4.55. The number of unbranched alkanes of at least 4 members (excludes halogenated alkanes) is 2. The zero-order chi connectivity index (χ0) is 13.8. The first-order valence-electron chi connectivity index (χ1n) is 6.90. The van der Waals surface area contributed by atoms with Crippen molar-refractivity contribution in [3.63, 3.8) is 0 Å². The molecule has 0 spiro atoms. The smallest absolute Gasteiger partial charge is 0.118 e. The molecule has 0 saturated heterocycles. The molecule has 0 aliphatic heterocycles. The summed E-state index contributed by atoms with van der Waals surface area (Å²) in [5.41, 5.74) is 0.924. The molecule has 0 bridgehead atoms. The van der Waals surface area contributed by atoms with Gasteiger partial charge in [0.15, 0.2) is 0 Å². The molecule has 18 heavy (non-hydrogen) atoms. The summed E-state index contributed by atoms with van der Waals surface area (Å²) in [5, 5.41) is 8.92. The van der Waals surface area contributed by atoms with E-state index >= 15 is 0 Å². The van der Waals surface area contributed by atoms with Crippen molar-refractivity contribution in [3.05, 3.63) is 29.8 Å². The third kappa shape index (κ3) is 10.2. The standard InChI is InChI=1S/C9H20O.C7H8O/c1-4-5-6-7-10-8-9(2)3;1-6-4-2-3-5-7(6)8/h9H,4-8H2,1-3H3;2-5,8H,1H3. The second-order valence-electron chi connectivity index (χ2n) is 4.96. The first kappa shape index (κ1) is 17.0. The molecule has 0 unspecified atom stereocenters. The van der Waals surface area contributed by atoms with Crippen molar-refractivity contribution in [2.75, 3.05) is 13.2 Å². The molecule has 1 aromatic rings. The van der Waals surface area contributed by atoms with Crippen molar-refractivity contribution in [1.29, 1.82) is 0 Å². The van der Waals surface area contributed by atoms with Gasteiger partial charge in [0.1, 0.15) is 5.75 Å².